The summed E-state index contributed by atoms with van der Waals surface area (Å²) in [6.45, 7) is 2.89. The normalized spacial score (nSPS) is 15.6. The van der Waals surface area contributed by atoms with Gasteiger partial charge in [-0.25, -0.2) is 14.4 Å². The number of carbonyl (C=O) groups excluding carboxylic acids is 1. The number of likely N-dealkylation sites (tertiary alicyclic amines) is 1. The van der Waals surface area contributed by atoms with Gasteiger partial charge < -0.3 is 24.2 Å². The third-order valence-electron chi connectivity index (χ3n) is 6.15. The largest absolute Gasteiger partial charge is 0.493 e. The van der Waals surface area contributed by atoms with Gasteiger partial charge in [-0.05, 0) is 38.0 Å². The van der Waals surface area contributed by atoms with E-state index in [1.807, 2.05) is 6.92 Å². The van der Waals surface area contributed by atoms with Gasteiger partial charge in [0.05, 0.1) is 42.0 Å². The van der Waals surface area contributed by atoms with Gasteiger partial charge in [-0.15, -0.1) is 0 Å². The molecule has 11 heteroatoms. The average molecular weight is 526 g/mol. The molecule has 1 amide bonds. The van der Waals surface area contributed by atoms with Crippen LogP contribution in [0.5, 0.6) is 11.5 Å². The van der Waals surface area contributed by atoms with Gasteiger partial charge in [0.1, 0.15) is 24.0 Å². The van der Waals surface area contributed by atoms with Crippen molar-refractivity contribution in [2.24, 2.45) is 0 Å². The molecule has 0 saturated carbocycles. The number of aryl methyl sites for hydroxylation is 1. The molecule has 0 spiro atoms. The van der Waals surface area contributed by atoms with Crippen LogP contribution < -0.4 is 14.8 Å². The molecule has 0 radical (unpaired) electrons. The molecule has 192 valence electrons. The first-order valence-electron chi connectivity index (χ1n) is 11.8. The molecule has 4 aromatic rings. The molecule has 0 bridgehead atoms. The minimum Gasteiger partial charge on any atom is -0.493 e. The molecule has 1 atom stereocenters. The third-order valence-corrected chi connectivity index (χ3v) is 6.44. The van der Waals surface area contributed by atoms with E-state index >= 15 is 0 Å². The molecule has 1 fully saturated rings. The molecule has 1 N–H and O–H groups in total. The monoisotopic (exact) mass is 525 g/mol. The number of anilines is 2. The van der Waals surface area contributed by atoms with E-state index in [0.29, 0.717) is 47.1 Å². The summed E-state index contributed by atoms with van der Waals surface area (Å²) < 4.78 is 31.6. The number of halogens is 2. The van der Waals surface area contributed by atoms with Crippen molar-refractivity contribution in [3.8, 4) is 11.5 Å². The lowest BCUT2D eigenvalue weighted by molar-refractivity contribution is -0.133. The number of aromatic nitrogens is 3. The van der Waals surface area contributed by atoms with Crippen LogP contribution in [-0.2, 0) is 11.2 Å². The predicted molar refractivity (Wildman–Crippen MR) is 136 cm³/mol. The Balaban J connectivity index is 1.37. The fourth-order valence-electron chi connectivity index (χ4n) is 4.34. The molecule has 1 saturated heterocycles. The van der Waals surface area contributed by atoms with Crippen molar-refractivity contribution in [1.82, 2.24) is 20.0 Å². The highest BCUT2D eigenvalue weighted by Crippen LogP contribution is 2.36. The first kappa shape index (κ1) is 24.8. The summed E-state index contributed by atoms with van der Waals surface area (Å²) in [5, 5.41) is 7.46. The summed E-state index contributed by atoms with van der Waals surface area (Å²) in [4.78, 5) is 23.2. The standard InChI is InChI=1S/C26H25ClFN5O4/c1-15-9-17(37-32-15)10-24(34)33-8-4-5-16(13-33)36-23-11-18-21(12-22(23)35-2)29-14-30-26(18)31-20-7-3-6-19(27)25(20)28/h3,6-7,9,11-12,14,16H,4-5,8,10,13H2,1-2H3,(H,29,30,31)/t16-/m1/s1. The van der Waals surface area contributed by atoms with Crippen LogP contribution in [0.4, 0.5) is 15.9 Å². The van der Waals surface area contributed by atoms with Gasteiger partial charge in [-0.1, -0.05) is 22.8 Å². The van der Waals surface area contributed by atoms with Crippen molar-refractivity contribution in [2.75, 3.05) is 25.5 Å². The van der Waals surface area contributed by atoms with Crippen LogP contribution in [-0.4, -0.2) is 52.2 Å². The van der Waals surface area contributed by atoms with Crippen molar-refractivity contribution >= 4 is 39.9 Å². The zero-order valence-electron chi connectivity index (χ0n) is 20.3. The highest BCUT2D eigenvalue weighted by molar-refractivity contribution is 6.31. The molecule has 0 aliphatic carbocycles. The van der Waals surface area contributed by atoms with Gasteiger partial charge >= 0.3 is 0 Å². The molecule has 37 heavy (non-hydrogen) atoms. The summed E-state index contributed by atoms with van der Waals surface area (Å²) in [6, 6.07) is 9.96. The number of fused-ring (bicyclic) bond motifs is 1. The number of hydrogen-bond donors (Lipinski definition) is 1. The number of benzene rings is 2. The number of amides is 1. The SMILES string of the molecule is COc1cc2ncnc(Nc3cccc(Cl)c3F)c2cc1O[C@@H]1CCCN(C(=O)Cc2cc(C)no2)C1. The lowest BCUT2D eigenvalue weighted by atomic mass is 10.1. The summed E-state index contributed by atoms with van der Waals surface area (Å²) >= 11 is 5.93. The Bertz CT molecular complexity index is 1450. The molecule has 2 aromatic heterocycles. The minimum atomic E-state index is -0.576. The highest BCUT2D eigenvalue weighted by Gasteiger charge is 2.27. The highest BCUT2D eigenvalue weighted by atomic mass is 35.5. The van der Waals surface area contributed by atoms with E-state index in [0.717, 1.165) is 18.5 Å². The van der Waals surface area contributed by atoms with E-state index in [4.69, 9.17) is 25.6 Å². The molecule has 2 aromatic carbocycles. The molecular weight excluding hydrogens is 501 g/mol. The second kappa shape index (κ2) is 10.6. The molecule has 9 nitrogen and oxygen atoms in total. The van der Waals surface area contributed by atoms with Crippen molar-refractivity contribution < 1.29 is 23.2 Å². The van der Waals surface area contributed by atoms with Gasteiger partial charge in [0.2, 0.25) is 5.91 Å². The lowest BCUT2D eigenvalue weighted by Gasteiger charge is -2.33. The lowest BCUT2D eigenvalue weighted by Crippen LogP contribution is -2.45. The van der Waals surface area contributed by atoms with Gasteiger partial charge in [0.25, 0.3) is 0 Å². The van der Waals surface area contributed by atoms with Crippen LogP contribution in [0.1, 0.15) is 24.3 Å². The summed E-state index contributed by atoms with van der Waals surface area (Å²) in [5.41, 5.74) is 1.52. The van der Waals surface area contributed by atoms with E-state index in [2.05, 4.69) is 20.4 Å². The van der Waals surface area contributed by atoms with Gasteiger partial charge in [-0.2, -0.15) is 0 Å². The maximum absolute atomic E-state index is 14.5. The number of nitrogens with zero attached hydrogens (tertiary/aromatic N) is 4. The molecular formula is C26H25ClFN5O4. The Kier molecular flexibility index (Phi) is 7.09. The van der Waals surface area contributed by atoms with Crippen LogP contribution in [0.2, 0.25) is 5.02 Å². The number of hydrogen-bond acceptors (Lipinski definition) is 8. The second-order valence-corrected chi connectivity index (χ2v) is 9.21. The van der Waals surface area contributed by atoms with Gasteiger partial charge in [0.15, 0.2) is 17.3 Å². The molecule has 3 heterocycles. The quantitative estimate of drug-likeness (QED) is 0.356. The molecule has 5 rings (SSSR count). The third kappa shape index (κ3) is 5.43. The summed E-state index contributed by atoms with van der Waals surface area (Å²) in [6.07, 6.45) is 2.86. The Hall–Kier alpha value is -3.92. The first-order chi connectivity index (χ1) is 17.9. The number of piperidine rings is 1. The van der Waals surface area contributed by atoms with Gasteiger partial charge in [0, 0.05) is 24.1 Å². The van der Waals surface area contributed by atoms with E-state index < -0.39 is 5.82 Å². The van der Waals surface area contributed by atoms with Gasteiger partial charge in [-0.3, -0.25) is 4.79 Å². The van der Waals surface area contributed by atoms with Crippen LogP contribution in [0.15, 0.2) is 47.2 Å². The van der Waals surface area contributed by atoms with Crippen molar-refractivity contribution in [3.05, 3.63) is 65.0 Å². The number of methoxy groups -OCH3 is 1. The summed E-state index contributed by atoms with van der Waals surface area (Å²) in [7, 11) is 1.55. The van der Waals surface area contributed by atoms with Crippen LogP contribution in [0, 0.1) is 12.7 Å². The Labute approximate surface area is 217 Å². The number of rotatable bonds is 7. The fourth-order valence-corrected chi connectivity index (χ4v) is 4.52. The van der Waals surface area contributed by atoms with Crippen molar-refractivity contribution in [2.45, 2.75) is 32.3 Å². The Morgan fingerprint density at radius 2 is 2.14 bits per heavy atom. The first-order valence-corrected chi connectivity index (χ1v) is 12.2. The van der Waals surface area contributed by atoms with E-state index in [1.54, 1.807) is 42.3 Å². The molecule has 1 aliphatic heterocycles. The average Bonchev–Trinajstić information content (AvgIpc) is 3.31. The van der Waals surface area contributed by atoms with Crippen LogP contribution >= 0.6 is 11.6 Å². The number of nitrogens with one attached hydrogen (secondary N) is 1. The molecule has 1 aliphatic rings. The topological polar surface area (TPSA) is 103 Å². The number of ether oxygens (including phenoxy) is 2. The Morgan fingerprint density at radius 3 is 2.92 bits per heavy atom. The van der Waals surface area contributed by atoms with Crippen molar-refractivity contribution in [3.63, 3.8) is 0 Å². The smallest absolute Gasteiger partial charge is 0.230 e. The molecule has 0 unspecified atom stereocenters. The predicted octanol–water partition coefficient (Wildman–Crippen LogP) is 5.08. The fraction of sp³-hybridized carbons (Fsp3) is 0.308. The maximum Gasteiger partial charge on any atom is 0.230 e. The van der Waals surface area contributed by atoms with Crippen LogP contribution in [0.3, 0.4) is 0 Å². The van der Waals surface area contributed by atoms with Crippen molar-refractivity contribution in [1.29, 1.82) is 0 Å². The zero-order valence-corrected chi connectivity index (χ0v) is 21.1. The maximum atomic E-state index is 14.5. The van der Waals surface area contributed by atoms with E-state index in [1.165, 1.54) is 12.4 Å². The zero-order chi connectivity index (χ0) is 25.9. The second-order valence-electron chi connectivity index (χ2n) is 8.80. The van der Waals surface area contributed by atoms with E-state index in [-0.39, 0.29) is 29.1 Å². The van der Waals surface area contributed by atoms with E-state index in [9.17, 15) is 9.18 Å². The summed E-state index contributed by atoms with van der Waals surface area (Å²) in [5.74, 6) is 1.28. The minimum absolute atomic E-state index is 0.00361. The number of carbonyl (C=O) groups is 1. The Morgan fingerprint density at radius 1 is 1.27 bits per heavy atom. The van der Waals surface area contributed by atoms with Crippen LogP contribution in [0.25, 0.3) is 10.9 Å².